The summed E-state index contributed by atoms with van der Waals surface area (Å²) in [6, 6.07) is 28.3. The standard InChI is InChI=1S/C34H28N2O5/c1-3-40-25-17-13-22(14-18-25)31(37)30-27-10-6-7-11-28(27)34(39)35-21-24-9-5-8-12-29(24)36(32(30)35)33(38)23-15-19-26(20-16-23)41-4-2/h5-20H,3-4,21H2,1-2H3. The Balaban J connectivity index is 1.61. The van der Waals surface area contributed by atoms with Crippen LogP contribution in [0.15, 0.2) is 102 Å². The number of aromatic nitrogens is 1. The lowest BCUT2D eigenvalue weighted by Gasteiger charge is -2.34. The highest BCUT2D eigenvalue weighted by Gasteiger charge is 2.35. The maximum atomic E-state index is 14.3. The molecule has 0 aliphatic carbocycles. The van der Waals surface area contributed by atoms with Gasteiger partial charge in [0, 0.05) is 21.9 Å². The van der Waals surface area contributed by atoms with E-state index in [4.69, 9.17) is 9.47 Å². The monoisotopic (exact) mass is 544 g/mol. The first-order chi connectivity index (χ1) is 20.0. The van der Waals surface area contributed by atoms with E-state index < -0.39 is 0 Å². The molecule has 0 N–H and O–H groups in total. The number of benzene rings is 4. The van der Waals surface area contributed by atoms with Crippen molar-refractivity contribution in [3.8, 4) is 11.5 Å². The summed E-state index contributed by atoms with van der Waals surface area (Å²) >= 11 is 0. The summed E-state index contributed by atoms with van der Waals surface area (Å²) in [7, 11) is 0. The molecule has 204 valence electrons. The number of fused-ring (bicyclic) bond motifs is 3. The van der Waals surface area contributed by atoms with Crippen molar-refractivity contribution in [3.63, 3.8) is 0 Å². The van der Waals surface area contributed by atoms with E-state index in [2.05, 4.69) is 0 Å². The molecule has 2 heterocycles. The molecule has 0 atom stereocenters. The molecular formula is C34H28N2O5. The second-order valence-corrected chi connectivity index (χ2v) is 9.65. The minimum absolute atomic E-state index is 0.228. The van der Waals surface area contributed by atoms with Crippen LogP contribution in [0.25, 0.3) is 10.8 Å². The smallest absolute Gasteiger partial charge is 0.264 e. The number of pyridine rings is 1. The largest absolute Gasteiger partial charge is 0.494 e. The molecule has 5 aromatic rings. The molecule has 0 radical (unpaired) electrons. The molecule has 1 aromatic heterocycles. The van der Waals surface area contributed by atoms with Gasteiger partial charge in [-0.1, -0.05) is 36.4 Å². The normalized spacial score (nSPS) is 12.0. The molecule has 0 saturated carbocycles. The zero-order chi connectivity index (χ0) is 28.5. The molecule has 7 heteroatoms. The van der Waals surface area contributed by atoms with Gasteiger partial charge >= 0.3 is 0 Å². The van der Waals surface area contributed by atoms with E-state index in [1.807, 2.05) is 38.1 Å². The number of ether oxygens (including phenoxy) is 2. The zero-order valence-electron chi connectivity index (χ0n) is 22.8. The van der Waals surface area contributed by atoms with Crippen molar-refractivity contribution >= 4 is 34.0 Å². The molecule has 0 bridgehead atoms. The Labute approximate surface area is 237 Å². The number of nitrogens with zero attached hydrogens (tertiary/aromatic N) is 2. The molecule has 0 saturated heterocycles. The van der Waals surface area contributed by atoms with Gasteiger partial charge in [-0.25, -0.2) is 0 Å². The SMILES string of the molecule is CCOc1ccc(C(=O)c2c3n(c(=O)c4ccccc24)Cc2ccccc2N3C(=O)c2ccc(OCC)cc2)cc1. The molecule has 7 nitrogen and oxygen atoms in total. The van der Waals surface area contributed by atoms with Crippen LogP contribution in [-0.4, -0.2) is 29.5 Å². The summed E-state index contributed by atoms with van der Waals surface area (Å²) in [6.45, 7) is 5.03. The molecule has 4 aromatic carbocycles. The third kappa shape index (κ3) is 4.55. The molecule has 41 heavy (non-hydrogen) atoms. The Bertz CT molecular complexity index is 1840. The molecule has 0 unspecified atom stereocenters. The summed E-state index contributed by atoms with van der Waals surface area (Å²) in [5, 5.41) is 0.907. The van der Waals surface area contributed by atoms with E-state index in [1.165, 1.54) is 4.90 Å². The summed E-state index contributed by atoms with van der Waals surface area (Å²) in [4.78, 5) is 44.1. The van der Waals surface area contributed by atoms with Gasteiger partial charge in [-0.2, -0.15) is 0 Å². The van der Waals surface area contributed by atoms with Gasteiger partial charge in [0.1, 0.15) is 17.3 Å². The highest BCUT2D eigenvalue weighted by Crippen LogP contribution is 2.40. The van der Waals surface area contributed by atoms with Crippen LogP contribution in [0.1, 0.15) is 45.7 Å². The lowest BCUT2D eigenvalue weighted by Crippen LogP contribution is -2.39. The maximum Gasteiger partial charge on any atom is 0.264 e. The Morgan fingerprint density at radius 3 is 1.90 bits per heavy atom. The van der Waals surface area contributed by atoms with Crippen molar-refractivity contribution in [1.82, 2.24) is 4.57 Å². The van der Waals surface area contributed by atoms with Crippen molar-refractivity contribution in [2.75, 3.05) is 18.1 Å². The fraction of sp³-hybridized carbons (Fsp3) is 0.147. The van der Waals surface area contributed by atoms with Gasteiger partial charge in [-0.05, 0) is 80.1 Å². The van der Waals surface area contributed by atoms with Gasteiger partial charge in [-0.3, -0.25) is 23.9 Å². The minimum Gasteiger partial charge on any atom is -0.494 e. The lowest BCUT2D eigenvalue weighted by molar-refractivity contribution is 0.0996. The van der Waals surface area contributed by atoms with Crippen LogP contribution in [0.2, 0.25) is 0 Å². The Morgan fingerprint density at radius 1 is 0.707 bits per heavy atom. The predicted octanol–water partition coefficient (Wildman–Crippen LogP) is 6.37. The predicted molar refractivity (Wildman–Crippen MR) is 159 cm³/mol. The number of amides is 1. The van der Waals surface area contributed by atoms with Crippen LogP contribution in [0.5, 0.6) is 11.5 Å². The average Bonchev–Trinajstić information content (AvgIpc) is 3.01. The average molecular weight is 545 g/mol. The first kappa shape index (κ1) is 26.1. The third-order valence-corrected chi connectivity index (χ3v) is 7.19. The molecule has 1 aliphatic rings. The Kier molecular flexibility index (Phi) is 6.85. The molecular weight excluding hydrogens is 516 g/mol. The van der Waals surface area contributed by atoms with Crippen LogP contribution in [0.3, 0.4) is 0 Å². The van der Waals surface area contributed by atoms with E-state index in [1.54, 1.807) is 77.4 Å². The molecule has 6 rings (SSSR count). The third-order valence-electron chi connectivity index (χ3n) is 7.19. The van der Waals surface area contributed by atoms with Gasteiger partial charge in [0.05, 0.1) is 31.0 Å². The minimum atomic E-state index is -0.357. The quantitative estimate of drug-likeness (QED) is 0.223. The van der Waals surface area contributed by atoms with Crippen LogP contribution >= 0.6 is 0 Å². The summed E-state index contributed by atoms with van der Waals surface area (Å²) < 4.78 is 12.7. The van der Waals surface area contributed by atoms with Crippen molar-refractivity contribution in [2.24, 2.45) is 0 Å². The number of hydrogen-bond acceptors (Lipinski definition) is 5. The molecule has 1 amide bonds. The Morgan fingerprint density at radius 2 is 1.27 bits per heavy atom. The van der Waals surface area contributed by atoms with Gasteiger partial charge in [0.2, 0.25) is 0 Å². The number of carbonyl (C=O) groups excluding carboxylic acids is 2. The van der Waals surface area contributed by atoms with E-state index >= 15 is 0 Å². The summed E-state index contributed by atoms with van der Waals surface area (Å²) in [6.07, 6.45) is 0. The number of anilines is 2. The second kappa shape index (κ2) is 10.8. The first-order valence-corrected chi connectivity index (χ1v) is 13.6. The van der Waals surface area contributed by atoms with Crippen molar-refractivity contribution in [1.29, 1.82) is 0 Å². The number of carbonyl (C=O) groups is 2. The fourth-order valence-electron chi connectivity index (χ4n) is 5.34. The lowest BCUT2D eigenvalue weighted by atomic mass is 9.95. The Hall–Kier alpha value is -5.17. The number of rotatable bonds is 7. The highest BCUT2D eigenvalue weighted by atomic mass is 16.5. The number of para-hydroxylation sites is 1. The van der Waals surface area contributed by atoms with Crippen molar-refractivity contribution in [2.45, 2.75) is 20.4 Å². The van der Waals surface area contributed by atoms with E-state index in [0.29, 0.717) is 52.3 Å². The van der Waals surface area contributed by atoms with Crippen LogP contribution in [0, 0.1) is 0 Å². The van der Waals surface area contributed by atoms with Crippen molar-refractivity contribution in [3.05, 3.63) is 130 Å². The van der Waals surface area contributed by atoms with Crippen LogP contribution in [-0.2, 0) is 6.54 Å². The topological polar surface area (TPSA) is 77.8 Å². The molecule has 0 fully saturated rings. The maximum absolute atomic E-state index is 14.3. The highest BCUT2D eigenvalue weighted by molar-refractivity contribution is 6.23. The molecule has 1 aliphatic heterocycles. The fourth-order valence-corrected chi connectivity index (χ4v) is 5.34. The van der Waals surface area contributed by atoms with Gasteiger partial charge in [0.25, 0.3) is 11.5 Å². The zero-order valence-corrected chi connectivity index (χ0v) is 22.8. The number of ketones is 1. The first-order valence-electron chi connectivity index (χ1n) is 13.6. The summed E-state index contributed by atoms with van der Waals surface area (Å²) in [5.41, 5.74) is 2.28. The molecule has 0 spiro atoms. The van der Waals surface area contributed by atoms with Gasteiger partial charge in [0.15, 0.2) is 5.78 Å². The van der Waals surface area contributed by atoms with E-state index in [0.717, 1.165) is 5.56 Å². The van der Waals surface area contributed by atoms with Gasteiger partial charge < -0.3 is 9.47 Å². The van der Waals surface area contributed by atoms with Crippen LogP contribution in [0.4, 0.5) is 11.5 Å². The van der Waals surface area contributed by atoms with E-state index in [9.17, 15) is 14.4 Å². The number of hydrogen-bond donors (Lipinski definition) is 0. The van der Waals surface area contributed by atoms with Gasteiger partial charge in [-0.15, -0.1) is 0 Å². The van der Waals surface area contributed by atoms with Crippen LogP contribution < -0.4 is 19.9 Å². The summed E-state index contributed by atoms with van der Waals surface area (Å²) in [5.74, 6) is 0.907. The second-order valence-electron chi connectivity index (χ2n) is 9.65. The van der Waals surface area contributed by atoms with E-state index in [-0.39, 0.29) is 35.2 Å². The van der Waals surface area contributed by atoms with Crippen molar-refractivity contribution < 1.29 is 19.1 Å².